The molecule has 0 bridgehead atoms. The van der Waals surface area contributed by atoms with Crippen molar-refractivity contribution in [3.05, 3.63) is 22.8 Å². The lowest BCUT2D eigenvalue weighted by molar-refractivity contribution is 0.0956. The average Bonchev–Trinajstić information content (AvgIpc) is 2.27. The summed E-state index contributed by atoms with van der Waals surface area (Å²) in [4.78, 5) is 15.7. The molecule has 0 fully saturated rings. The number of aromatic nitrogens is 1. The minimum Gasteiger partial charge on any atom is -0.373 e. The number of nitrogens with one attached hydrogen (secondary N) is 2. The zero-order valence-electron chi connectivity index (χ0n) is 10.0. The van der Waals surface area contributed by atoms with Crippen molar-refractivity contribution >= 4 is 33.2 Å². The Kier molecular flexibility index (Phi) is 4.92. The van der Waals surface area contributed by atoms with Crippen LogP contribution in [-0.2, 0) is 9.84 Å². The Balaban J connectivity index is 2.72. The van der Waals surface area contributed by atoms with Crippen LogP contribution in [0.2, 0.25) is 5.02 Å². The first-order valence-corrected chi connectivity index (χ1v) is 7.56. The molecule has 0 spiro atoms. The SMILES string of the molecule is CNc1cc(C(=O)NCCS(C)(=O)=O)c(Cl)cn1. The Bertz CT molecular complexity index is 545. The van der Waals surface area contributed by atoms with Crippen molar-refractivity contribution in [1.29, 1.82) is 0 Å². The lowest BCUT2D eigenvalue weighted by Gasteiger charge is -2.07. The summed E-state index contributed by atoms with van der Waals surface area (Å²) in [6.07, 6.45) is 2.47. The molecule has 0 aromatic carbocycles. The fourth-order valence-corrected chi connectivity index (χ4v) is 1.86. The van der Waals surface area contributed by atoms with E-state index in [2.05, 4.69) is 15.6 Å². The molecule has 0 aliphatic heterocycles. The number of sulfone groups is 1. The first kappa shape index (κ1) is 14.7. The molecule has 0 aliphatic carbocycles. The summed E-state index contributed by atoms with van der Waals surface area (Å²) in [6, 6.07) is 1.50. The Hall–Kier alpha value is -1.34. The van der Waals surface area contributed by atoms with Crippen molar-refractivity contribution in [3.63, 3.8) is 0 Å². The number of hydrogen-bond donors (Lipinski definition) is 2. The van der Waals surface area contributed by atoms with E-state index in [1.165, 1.54) is 12.3 Å². The van der Waals surface area contributed by atoms with E-state index in [1.807, 2.05) is 0 Å². The molecule has 100 valence electrons. The monoisotopic (exact) mass is 291 g/mol. The molecule has 0 aliphatic rings. The van der Waals surface area contributed by atoms with Crippen LogP contribution in [0.25, 0.3) is 0 Å². The number of hydrogen-bond acceptors (Lipinski definition) is 5. The molecule has 1 aromatic rings. The number of amides is 1. The predicted molar refractivity (Wildman–Crippen MR) is 70.8 cm³/mol. The number of halogens is 1. The normalized spacial score (nSPS) is 11.1. The van der Waals surface area contributed by atoms with Gasteiger partial charge in [0.25, 0.3) is 5.91 Å². The van der Waals surface area contributed by atoms with E-state index in [0.29, 0.717) is 5.82 Å². The molecule has 2 N–H and O–H groups in total. The lowest BCUT2D eigenvalue weighted by atomic mass is 10.2. The molecule has 1 amide bonds. The Labute approximate surface area is 111 Å². The standard InChI is InChI=1S/C10H14ClN3O3S/c1-12-9-5-7(8(11)6-14-9)10(15)13-3-4-18(2,16)17/h5-6H,3-4H2,1-2H3,(H,12,14)(H,13,15). The van der Waals surface area contributed by atoms with Crippen LogP contribution >= 0.6 is 11.6 Å². The molecular formula is C10H14ClN3O3S. The van der Waals surface area contributed by atoms with Gasteiger partial charge in [0.15, 0.2) is 0 Å². The average molecular weight is 292 g/mol. The number of carbonyl (C=O) groups is 1. The minimum atomic E-state index is -3.10. The molecule has 0 saturated heterocycles. The molecule has 6 nitrogen and oxygen atoms in total. The third-order valence-electron chi connectivity index (χ3n) is 2.11. The van der Waals surface area contributed by atoms with Gasteiger partial charge in [0, 0.05) is 26.0 Å². The number of nitrogens with zero attached hydrogens (tertiary/aromatic N) is 1. The van der Waals surface area contributed by atoms with E-state index in [-0.39, 0.29) is 22.9 Å². The summed E-state index contributed by atoms with van der Waals surface area (Å²) in [5.74, 6) is -0.0319. The van der Waals surface area contributed by atoms with Crippen LogP contribution in [0.3, 0.4) is 0 Å². The van der Waals surface area contributed by atoms with Crippen LogP contribution in [-0.4, -0.2) is 44.9 Å². The van der Waals surface area contributed by atoms with Gasteiger partial charge in [0.1, 0.15) is 15.7 Å². The summed E-state index contributed by atoms with van der Waals surface area (Å²) < 4.78 is 21.8. The van der Waals surface area contributed by atoms with E-state index in [0.717, 1.165) is 6.26 Å². The molecular weight excluding hydrogens is 278 g/mol. The maximum absolute atomic E-state index is 11.8. The quantitative estimate of drug-likeness (QED) is 0.827. The second-order valence-electron chi connectivity index (χ2n) is 3.69. The van der Waals surface area contributed by atoms with Crippen molar-refractivity contribution < 1.29 is 13.2 Å². The van der Waals surface area contributed by atoms with Crippen molar-refractivity contribution in [1.82, 2.24) is 10.3 Å². The third kappa shape index (κ3) is 4.50. The van der Waals surface area contributed by atoms with E-state index in [9.17, 15) is 13.2 Å². The summed E-state index contributed by atoms with van der Waals surface area (Å²) >= 11 is 5.85. The van der Waals surface area contributed by atoms with Gasteiger partial charge in [-0.15, -0.1) is 0 Å². The van der Waals surface area contributed by atoms with Crippen LogP contribution in [0.4, 0.5) is 5.82 Å². The van der Waals surface area contributed by atoms with E-state index >= 15 is 0 Å². The van der Waals surface area contributed by atoms with Gasteiger partial charge in [-0.3, -0.25) is 4.79 Å². The Morgan fingerprint density at radius 3 is 2.72 bits per heavy atom. The molecule has 1 aromatic heterocycles. The molecule has 1 rings (SSSR count). The first-order chi connectivity index (χ1) is 8.33. The predicted octanol–water partition coefficient (Wildman–Crippen LogP) is 0.551. The topological polar surface area (TPSA) is 88.2 Å². The highest BCUT2D eigenvalue weighted by Crippen LogP contribution is 2.17. The van der Waals surface area contributed by atoms with Gasteiger partial charge < -0.3 is 10.6 Å². The molecule has 18 heavy (non-hydrogen) atoms. The van der Waals surface area contributed by atoms with Crippen LogP contribution < -0.4 is 10.6 Å². The smallest absolute Gasteiger partial charge is 0.253 e. The van der Waals surface area contributed by atoms with Crippen molar-refractivity contribution in [2.24, 2.45) is 0 Å². The largest absolute Gasteiger partial charge is 0.373 e. The zero-order chi connectivity index (χ0) is 13.8. The maximum atomic E-state index is 11.8. The summed E-state index contributed by atoms with van der Waals surface area (Å²) in [7, 11) is -1.43. The van der Waals surface area contributed by atoms with Crippen molar-refractivity contribution in [2.45, 2.75) is 0 Å². The van der Waals surface area contributed by atoms with Gasteiger partial charge in [-0.1, -0.05) is 11.6 Å². The lowest BCUT2D eigenvalue weighted by Crippen LogP contribution is -2.29. The van der Waals surface area contributed by atoms with Crippen LogP contribution in [0.5, 0.6) is 0 Å². The highest BCUT2D eigenvalue weighted by molar-refractivity contribution is 7.90. The number of pyridine rings is 1. The molecule has 0 unspecified atom stereocenters. The fourth-order valence-electron chi connectivity index (χ4n) is 1.19. The van der Waals surface area contributed by atoms with E-state index in [4.69, 9.17) is 11.6 Å². The number of anilines is 1. The second-order valence-corrected chi connectivity index (χ2v) is 6.35. The van der Waals surface area contributed by atoms with Crippen LogP contribution in [0, 0.1) is 0 Å². The molecule has 8 heteroatoms. The van der Waals surface area contributed by atoms with Gasteiger partial charge >= 0.3 is 0 Å². The van der Waals surface area contributed by atoms with Crippen molar-refractivity contribution in [2.75, 3.05) is 30.9 Å². The first-order valence-electron chi connectivity index (χ1n) is 5.12. The third-order valence-corrected chi connectivity index (χ3v) is 3.36. The van der Waals surface area contributed by atoms with Gasteiger partial charge in [0.2, 0.25) is 0 Å². The zero-order valence-corrected chi connectivity index (χ0v) is 11.6. The number of rotatable bonds is 5. The highest BCUT2D eigenvalue weighted by Gasteiger charge is 2.12. The van der Waals surface area contributed by atoms with Crippen LogP contribution in [0.1, 0.15) is 10.4 Å². The molecule has 0 atom stereocenters. The Morgan fingerprint density at radius 1 is 1.50 bits per heavy atom. The molecule has 0 saturated carbocycles. The summed E-state index contributed by atoms with van der Waals surface area (Å²) in [5.41, 5.74) is 0.254. The summed E-state index contributed by atoms with van der Waals surface area (Å²) in [5, 5.41) is 5.49. The van der Waals surface area contributed by atoms with Gasteiger partial charge in [0.05, 0.1) is 16.3 Å². The van der Waals surface area contributed by atoms with Gasteiger partial charge in [-0.2, -0.15) is 0 Å². The second kappa shape index (κ2) is 6.01. The summed E-state index contributed by atoms with van der Waals surface area (Å²) in [6.45, 7) is 0.0468. The molecule has 1 heterocycles. The maximum Gasteiger partial charge on any atom is 0.253 e. The van der Waals surface area contributed by atoms with E-state index < -0.39 is 15.7 Å². The van der Waals surface area contributed by atoms with Crippen molar-refractivity contribution in [3.8, 4) is 0 Å². The van der Waals surface area contributed by atoms with Gasteiger partial charge in [-0.25, -0.2) is 13.4 Å². The van der Waals surface area contributed by atoms with Crippen LogP contribution in [0.15, 0.2) is 12.3 Å². The number of carbonyl (C=O) groups excluding carboxylic acids is 1. The van der Waals surface area contributed by atoms with E-state index in [1.54, 1.807) is 7.05 Å². The Morgan fingerprint density at radius 2 is 2.17 bits per heavy atom. The fraction of sp³-hybridized carbons (Fsp3) is 0.400. The highest BCUT2D eigenvalue weighted by atomic mass is 35.5. The minimum absolute atomic E-state index is 0.0468. The van der Waals surface area contributed by atoms with Gasteiger partial charge in [-0.05, 0) is 6.07 Å². The molecule has 0 radical (unpaired) electrons.